The number of hydrogen-bond donors (Lipinski definition) is 1. The summed E-state index contributed by atoms with van der Waals surface area (Å²) in [5, 5.41) is 9.74. The van der Waals surface area contributed by atoms with Crippen molar-refractivity contribution in [1.82, 2.24) is 0 Å². The largest absolute Gasteiger partial charge is 0.388 e. The molecule has 2 aliphatic carbocycles. The van der Waals surface area contributed by atoms with Crippen LogP contribution in [0.15, 0.2) is 0 Å². The Morgan fingerprint density at radius 2 is 1.60 bits per heavy atom. The van der Waals surface area contributed by atoms with Gasteiger partial charge in [0.15, 0.2) is 9.84 Å². The molecule has 0 bridgehead atoms. The minimum absolute atomic E-state index is 0.224. The van der Waals surface area contributed by atoms with Crippen LogP contribution in [0, 0.1) is 5.92 Å². The summed E-state index contributed by atoms with van der Waals surface area (Å²) in [5.41, 5.74) is -1.24. The van der Waals surface area contributed by atoms with Gasteiger partial charge in [0.25, 0.3) is 0 Å². The normalized spacial score (nSPS) is 39.9. The molecule has 7 heteroatoms. The zero-order valence-corrected chi connectivity index (χ0v) is 13.7. The van der Waals surface area contributed by atoms with Crippen molar-refractivity contribution in [2.75, 3.05) is 12.5 Å². The zero-order chi connectivity index (χ0) is 15.2. The smallest absolute Gasteiger partial charge is 0.153 e. The molecule has 0 aromatic rings. The van der Waals surface area contributed by atoms with E-state index in [9.17, 15) is 21.9 Å². The van der Waals surface area contributed by atoms with Crippen LogP contribution in [0.5, 0.6) is 0 Å². The van der Waals surface area contributed by atoms with Crippen LogP contribution >= 0.6 is 0 Å². The van der Waals surface area contributed by atoms with E-state index < -0.39 is 35.8 Å². The summed E-state index contributed by atoms with van der Waals surface area (Å²) in [6, 6.07) is 0. The van der Waals surface area contributed by atoms with E-state index in [1.807, 2.05) is 0 Å². The number of hydrogen-bond acceptors (Lipinski definition) is 5. The second kappa shape index (κ2) is 5.25. The topological polar surface area (TPSA) is 88.5 Å². The molecule has 2 saturated carbocycles. The van der Waals surface area contributed by atoms with Crippen LogP contribution < -0.4 is 0 Å². The first-order valence-electron chi connectivity index (χ1n) is 7.15. The minimum Gasteiger partial charge on any atom is -0.388 e. The fourth-order valence-corrected chi connectivity index (χ4v) is 6.84. The first-order valence-corrected chi connectivity index (χ1v) is 11.1. The second-order valence-electron chi connectivity index (χ2n) is 6.52. The summed E-state index contributed by atoms with van der Waals surface area (Å²) in [6.45, 7) is 0. The van der Waals surface area contributed by atoms with Gasteiger partial charge in [0, 0.05) is 12.5 Å². The molecule has 0 amide bonds. The standard InChI is InChI=1S/C13H24O5S2/c1-19(15,16)11-6-3-5-10(9-11)13(14)8-4-7-12(13)20(2,17)18/h10-12,14H,3-9H2,1-2H3. The van der Waals surface area contributed by atoms with Crippen LogP contribution in [-0.4, -0.2) is 50.6 Å². The Morgan fingerprint density at radius 1 is 0.950 bits per heavy atom. The van der Waals surface area contributed by atoms with Crippen molar-refractivity contribution in [2.45, 2.75) is 61.0 Å². The van der Waals surface area contributed by atoms with Crippen LogP contribution in [0.25, 0.3) is 0 Å². The molecule has 2 fully saturated rings. The van der Waals surface area contributed by atoms with Crippen molar-refractivity contribution in [1.29, 1.82) is 0 Å². The van der Waals surface area contributed by atoms with Gasteiger partial charge in [0.1, 0.15) is 9.84 Å². The van der Waals surface area contributed by atoms with Gasteiger partial charge in [-0.15, -0.1) is 0 Å². The highest BCUT2D eigenvalue weighted by molar-refractivity contribution is 7.91. The fraction of sp³-hybridized carbons (Fsp3) is 1.00. The maximum absolute atomic E-state index is 11.9. The number of sulfone groups is 2. The Balaban J connectivity index is 2.25. The molecule has 0 radical (unpaired) electrons. The van der Waals surface area contributed by atoms with E-state index in [1.165, 1.54) is 12.5 Å². The van der Waals surface area contributed by atoms with Crippen molar-refractivity contribution in [2.24, 2.45) is 5.92 Å². The second-order valence-corrected chi connectivity index (χ2v) is 11.1. The third kappa shape index (κ3) is 3.04. The van der Waals surface area contributed by atoms with Crippen LogP contribution in [-0.2, 0) is 19.7 Å². The van der Waals surface area contributed by atoms with Crippen LogP contribution in [0.3, 0.4) is 0 Å². The van der Waals surface area contributed by atoms with E-state index >= 15 is 0 Å². The molecule has 0 aromatic heterocycles. The highest BCUT2D eigenvalue weighted by Crippen LogP contribution is 2.46. The van der Waals surface area contributed by atoms with E-state index in [0.29, 0.717) is 38.5 Å². The molecule has 20 heavy (non-hydrogen) atoms. The van der Waals surface area contributed by atoms with E-state index in [-0.39, 0.29) is 5.92 Å². The molecule has 2 aliphatic rings. The average molecular weight is 324 g/mol. The van der Waals surface area contributed by atoms with E-state index in [0.717, 1.165) is 6.42 Å². The minimum atomic E-state index is -3.31. The fourth-order valence-electron chi connectivity index (χ4n) is 4.02. The van der Waals surface area contributed by atoms with Gasteiger partial charge < -0.3 is 5.11 Å². The molecular weight excluding hydrogens is 300 g/mol. The highest BCUT2D eigenvalue weighted by Gasteiger charge is 2.52. The Labute approximate surface area is 121 Å². The Hall–Kier alpha value is -0.140. The van der Waals surface area contributed by atoms with Crippen molar-refractivity contribution in [3.63, 3.8) is 0 Å². The molecule has 0 aromatic carbocycles. The van der Waals surface area contributed by atoms with Crippen LogP contribution in [0.4, 0.5) is 0 Å². The first-order chi connectivity index (χ1) is 9.05. The van der Waals surface area contributed by atoms with Gasteiger partial charge in [0.2, 0.25) is 0 Å². The Bertz CT molecular complexity index is 566. The van der Waals surface area contributed by atoms with Gasteiger partial charge in [-0.05, 0) is 44.4 Å². The number of rotatable bonds is 3. The predicted octanol–water partition coefficient (Wildman–Crippen LogP) is 0.918. The molecule has 0 saturated heterocycles. The molecule has 118 valence electrons. The lowest BCUT2D eigenvalue weighted by Crippen LogP contribution is -2.50. The highest BCUT2D eigenvalue weighted by atomic mass is 32.2. The van der Waals surface area contributed by atoms with Gasteiger partial charge in [-0.1, -0.05) is 6.42 Å². The van der Waals surface area contributed by atoms with Gasteiger partial charge in [-0.25, -0.2) is 16.8 Å². The molecular formula is C13H24O5S2. The molecule has 4 atom stereocenters. The average Bonchev–Trinajstić information content (AvgIpc) is 2.72. The SMILES string of the molecule is CS(=O)(=O)C1CCCC(C2(O)CCCC2S(C)(=O)=O)C1. The maximum Gasteiger partial charge on any atom is 0.153 e. The molecule has 1 N–H and O–H groups in total. The van der Waals surface area contributed by atoms with Gasteiger partial charge >= 0.3 is 0 Å². The lowest BCUT2D eigenvalue weighted by molar-refractivity contribution is -0.0231. The summed E-state index contributed by atoms with van der Waals surface area (Å²) in [5.74, 6) is -0.224. The van der Waals surface area contributed by atoms with Crippen molar-refractivity contribution in [3.8, 4) is 0 Å². The molecule has 4 unspecified atom stereocenters. The summed E-state index contributed by atoms with van der Waals surface area (Å²) in [7, 11) is -6.44. The summed E-state index contributed by atoms with van der Waals surface area (Å²) in [6.07, 6.45) is 6.50. The van der Waals surface area contributed by atoms with Crippen molar-refractivity contribution in [3.05, 3.63) is 0 Å². The van der Waals surface area contributed by atoms with Crippen LogP contribution in [0.1, 0.15) is 44.9 Å². The van der Waals surface area contributed by atoms with Crippen LogP contribution in [0.2, 0.25) is 0 Å². The summed E-state index contributed by atoms with van der Waals surface area (Å²) >= 11 is 0. The van der Waals surface area contributed by atoms with Gasteiger partial charge in [0.05, 0.1) is 16.1 Å². The summed E-state index contributed by atoms with van der Waals surface area (Å²) in [4.78, 5) is 0. The lowest BCUT2D eigenvalue weighted by atomic mass is 9.75. The van der Waals surface area contributed by atoms with E-state index in [1.54, 1.807) is 0 Å². The van der Waals surface area contributed by atoms with Gasteiger partial charge in [-0.3, -0.25) is 0 Å². The van der Waals surface area contributed by atoms with Crippen molar-refractivity contribution < 1.29 is 21.9 Å². The third-order valence-electron chi connectivity index (χ3n) is 5.06. The Kier molecular flexibility index (Phi) is 4.26. The molecule has 0 aliphatic heterocycles. The third-order valence-corrected chi connectivity index (χ3v) is 8.37. The van der Waals surface area contributed by atoms with Crippen molar-refractivity contribution >= 4 is 19.7 Å². The first kappa shape index (κ1) is 16.2. The van der Waals surface area contributed by atoms with Gasteiger partial charge in [-0.2, -0.15) is 0 Å². The quantitative estimate of drug-likeness (QED) is 0.834. The van der Waals surface area contributed by atoms with E-state index in [2.05, 4.69) is 0 Å². The number of aliphatic hydroxyl groups is 1. The summed E-state index contributed by atoms with van der Waals surface area (Å²) < 4.78 is 47.2. The predicted molar refractivity (Wildman–Crippen MR) is 78.0 cm³/mol. The lowest BCUT2D eigenvalue weighted by Gasteiger charge is -2.41. The molecule has 5 nitrogen and oxygen atoms in total. The van der Waals surface area contributed by atoms with E-state index in [4.69, 9.17) is 0 Å². The molecule has 0 heterocycles. The monoisotopic (exact) mass is 324 g/mol. The molecule has 2 rings (SSSR count). The zero-order valence-electron chi connectivity index (χ0n) is 12.1. The molecule has 0 spiro atoms. The maximum atomic E-state index is 11.9. The Morgan fingerprint density at radius 3 is 2.15 bits per heavy atom.